The van der Waals surface area contributed by atoms with Crippen LogP contribution in [0.25, 0.3) is 10.2 Å². The van der Waals surface area contributed by atoms with Crippen LogP contribution >= 0.6 is 23.1 Å². The van der Waals surface area contributed by atoms with Crippen molar-refractivity contribution in [3.63, 3.8) is 0 Å². The lowest BCUT2D eigenvalue weighted by Crippen LogP contribution is -2.38. The Kier molecular flexibility index (Phi) is 5.31. The van der Waals surface area contributed by atoms with Gasteiger partial charge in [0, 0.05) is 20.1 Å². The van der Waals surface area contributed by atoms with Crippen LogP contribution in [0.1, 0.15) is 30.1 Å². The second-order valence-electron chi connectivity index (χ2n) is 6.69. The van der Waals surface area contributed by atoms with E-state index in [-0.39, 0.29) is 11.5 Å². The third-order valence-corrected chi connectivity index (χ3v) is 6.97. The molecule has 0 saturated carbocycles. The third kappa shape index (κ3) is 3.66. The maximum atomic E-state index is 13.3. The maximum absolute atomic E-state index is 13.3. The predicted molar refractivity (Wildman–Crippen MR) is 110 cm³/mol. The molecule has 140 valence electrons. The summed E-state index contributed by atoms with van der Waals surface area (Å²) >= 11 is 2.82. The molecule has 4 rings (SSSR count). The summed E-state index contributed by atoms with van der Waals surface area (Å²) < 4.78 is 1.55. The average molecular weight is 400 g/mol. The van der Waals surface area contributed by atoms with Gasteiger partial charge >= 0.3 is 0 Å². The number of nitrogens with zero attached hydrogens (tertiary/aromatic N) is 3. The first kappa shape index (κ1) is 18.3. The molecule has 1 amide bonds. The van der Waals surface area contributed by atoms with E-state index >= 15 is 0 Å². The zero-order valence-corrected chi connectivity index (χ0v) is 16.8. The highest BCUT2D eigenvalue weighted by Crippen LogP contribution is 2.36. The Labute approximate surface area is 166 Å². The fourth-order valence-corrected chi connectivity index (χ4v) is 5.31. The number of likely N-dealkylation sites (tertiary alicyclic amines) is 1. The molecule has 1 aliphatic heterocycles. The molecule has 5 nitrogen and oxygen atoms in total. The average Bonchev–Trinajstić information content (AvgIpc) is 3.19. The van der Waals surface area contributed by atoms with E-state index in [0.29, 0.717) is 10.5 Å². The fourth-order valence-electron chi connectivity index (χ4n) is 3.36. The number of carbonyl (C=O) groups is 1. The summed E-state index contributed by atoms with van der Waals surface area (Å²) in [6, 6.07) is 11.6. The van der Waals surface area contributed by atoms with E-state index in [9.17, 15) is 9.59 Å². The molecule has 1 aromatic carbocycles. The lowest BCUT2D eigenvalue weighted by molar-refractivity contribution is -0.131. The van der Waals surface area contributed by atoms with Crippen molar-refractivity contribution < 1.29 is 4.79 Å². The largest absolute Gasteiger partial charge is 0.341 e. The molecule has 1 atom stereocenters. The van der Waals surface area contributed by atoms with Crippen molar-refractivity contribution in [2.75, 3.05) is 13.1 Å². The molecule has 1 saturated heterocycles. The molecular weight excluding hydrogens is 378 g/mol. The van der Waals surface area contributed by atoms with Crippen molar-refractivity contribution in [1.82, 2.24) is 14.5 Å². The van der Waals surface area contributed by atoms with Crippen LogP contribution in [-0.2, 0) is 11.8 Å². The molecule has 0 aliphatic carbocycles. The van der Waals surface area contributed by atoms with Gasteiger partial charge in [0.2, 0.25) is 5.91 Å². The molecule has 0 spiro atoms. The molecule has 3 heterocycles. The van der Waals surface area contributed by atoms with Gasteiger partial charge in [-0.1, -0.05) is 42.1 Å². The zero-order chi connectivity index (χ0) is 18.8. The molecule has 3 aromatic rings. The highest BCUT2D eigenvalue weighted by atomic mass is 32.2. The number of benzene rings is 1. The smallest absolute Gasteiger partial charge is 0.262 e. The minimum atomic E-state index is -0.403. The van der Waals surface area contributed by atoms with Crippen molar-refractivity contribution in [3.05, 3.63) is 57.7 Å². The van der Waals surface area contributed by atoms with Crippen LogP contribution in [0.4, 0.5) is 0 Å². The molecular formula is C20H21N3O2S2. The minimum Gasteiger partial charge on any atom is -0.341 e. The molecule has 1 aliphatic rings. The summed E-state index contributed by atoms with van der Waals surface area (Å²) in [5, 5.41) is 2.68. The van der Waals surface area contributed by atoms with Crippen LogP contribution < -0.4 is 5.56 Å². The van der Waals surface area contributed by atoms with Crippen LogP contribution in [-0.4, -0.2) is 33.4 Å². The van der Waals surface area contributed by atoms with Gasteiger partial charge in [-0.15, -0.1) is 11.3 Å². The zero-order valence-electron chi connectivity index (χ0n) is 15.1. The first-order valence-corrected chi connectivity index (χ1v) is 10.9. The number of amides is 1. The molecule has 0 N–H and O–H groups in total. The first-order chi connectivity index (χ1) is 13.1. The Morgan fingerprint density at radius 2 is 1.89 bits per heavy atom. The standard InChI is InChI=1S/C20H21N3O2S2/c1-22-18(24)15-10-13-26-17(15)21-20(22)27-16(14-8-4-2-5-9-14)19(25)23-11-6-3-7-12-23/h2,4-5,8-10,13,16H,3,6-7,11-12H2,1H3. The monoisotopic (exact) mass is 399 g/mol. The van der Waals surface area contributed by atoms with E-state index < -0.39 is 5.25 Å². The Bertz CT molecular complexity index is 1010. The van der Waals surface area contributed by atoms with Crippen LogP contribution in [0.5, 0.6) is 0 Å². The topological polar surface area (TPSA) is 55.2 Å². The van der Waals surface area contributed by atoms with Gasteiger partial charge in [0.25, 0.3) is 5.56 Å². The van der Waals surface area contributed by atoms with Gasteiger partial charge in [0.15, 0.2) is 5.16 Å². The summed E-state index contributed by atoms with van der Waals surface area (Å²) in [6.45, 7) is 1.61. The quantitative estimate of drug-likeness (QED) is 0.494. The molecule has 1 fully saturated rings. The van der Waals surface area contributed by atoms with E-state index in [1.807, 2.05) is 40.6 Å². The van der Waals surface area contributed by atoms with Crippen molar-refractivity contribution >= 4 is 39.2 Å². The van der Waals surface area contributed by atoms with Gasteiger partial charge < -0.3 is 4.90 Å². The normalized spacial score (nSPS) is 15.8. The van der Waals surface area contributed by atoms with Crippen LogP contribution in [0.3, 0.4) is 0 Å². The number of fused-ring (bicyclic) bond motifs is 1. The molecule has 27 heavy (non-hydrogen) atoms. The van der Waals surface area contributed by atoms with E-state index in [1.54, 1.807) is 17.7 Å². The maximum Gasteiger partial charge on any atom is 0.262 e. The minimum absolute atomic E-state index is 0.0685. The predicted octanol–water partition coefficient (Wildman–Crippen LogP) is 3.84. The summed E-state index contributed by atoms with van der Waals surface area (Å²) in [5.41, 5.74) is 0.875. The number of hydrogen-bond acceptors (Lipinski definition) is 5. The number of carbonyl (C=O) groups excluding carboxylic acids is 1. The molecule has 0 bridgehead atoms. The number of hydrogen-bond donors (Lipinski definition) is 0. The second kappa shape index (κ2) is 7.86. The van der Waals surface area contributed by atoms with Crippen molar-refractivity contribution in [1.29, 1.82) is 0 Å². The lowest BCUT2D eigenvalue weighted by Gasteiger charge is -2.30. The Morgan fingerprint density at radius 3 is 2.63 bits per heavy atom. The molecule has 0 radical (unpaired) electrons. The number of rotatable bonds is 4. The Morgan fingerprint density at radius 1 is 1.15 bits per heavy atom. The summed E-state index contributed by atoms with van der Waals surface area (Å²) in [4.78, 5) is 33.3. The van der Waals surface area contributed by atoms with Gasteiger partial charge in [-0.25, -0.2) is 4.98 Å². The molecule has 1 unspecified atom stereocenters. The first-order valence-electron chi connectivity index (χ1n) is 9.10. The Hall–Kier alpha value is -2.12. The summed E-state index contributed by atoms with van der Waals surface area (Å²) in [7, 11) is 1.72. The molecule has 2 aromatic heterocycles. The van der Waals surface area contributed by atoms with E-state index in [4.69, 9.17) is 0 Å². The van der Waals surface area contributed by atoms with Gasteiger partial charge in [-0.3, -0.25) is 14.2 Å². The van der Waals surface area contributed by atoms with E-state index in [1.165, 1.54) is 29.5 Å². The van der Waals surface area contributed by atoms with Crippen molar-refractivity contribution in [3.8, 4) is 0 Å². The second-order valence-corrected chi connectivity index (χ2v) is 8.66. The van der Waals surface area contributed by atoms with Gasteiger partial charge in [0.1, 0.15) is 10.1 Å². The van der Waals surface area contributed by atoms with Crippen LogP contribution in [0, 0.1) is 0 Å². The van der Waals surface area contributed by atoms with E-state index in [2.05, 4.69) is 4.98 Å². The van der Waals surface area contributed by atoms with Crippen molar-refractivity contribution in [2.24, 2.45) is 7.05 Å². The van der Waals surface area contributed by atoms with Gasteiger partial charge in [-0.2, -0.15) is 0 Å². The number of thiophene rings is 1. The third-order valence-electron chi connectivity index (χ3n) is 4.88. The SMILES string of the molecule is Cn1c(SC(C(=O)N2CCCCC2)c2ccccc2)nc2sccc2c1=O. The highest BCUT2D eigenvalue weighted by molar-refractivity contribution is 8.00. The number of thioether (sulfide) groups is 1. The molecule has 7 heteroatoms. The Balaban J connectivity index is 1.72. The number of piperidine rings is 1. The van der Waals surface area contributed by atoms with Crippen LogP contribution in [0.2, 0.25) is 0 Å². The summed E-state index contributed by atoms with van der Waals surface area (Å²) in [5.74, 6) is 0.103. The van der Waals surface area contributed by atoms with Gasteiger partial charge in [-0.05, 0) is 36.3 Å². The highest BCUT2D eigenvalue weighted by Gasteiger charge is 2.29. The number of aromatic nitrogens is 2. The van der Waals surface area contributed by atoms with Crippen LogP contribution in [0.15, 0.2) is 51.7 Å². The van der Waals surface area contributed by atoms with E-state index in [0.717, 1.165) is 36.3 Å². The lowest BCUT2D eigenvalue weighted by atomic mass is 10.1. The fraction of sp³-hybridized carbons (Fsp3) is 0.350. The van der Waals surface area contributed by atoms with Crippen molar-refractivity contribution in [2.45, 2.75) is 29.7 Å². The summed E-state index contributed by atoms with van der Waals surface area (Å²) in [6.07, 6.45) is 3.28. The van der Waals surface area contributed by atoms with Gasteiger partial charge in [0.05, 0.1) is 5.39 Å².